The molecule has 0 aliphatic carbocycles. The van der Waals surface area contributed by atoms with Crippen LogP contribution in [0.15, 0.2) is 47.3 Å². The van der Waals surface area contributed by atoms with Crippen LogP contribution in [0.1, 0.15) is 29.3 Å². The molecule has 0 spiro atoms. The molecular weight excluding hydrogens is 376 g/mol. The summed E-state index contributed by atoms with van der Waals surface area (Å²) in [6, 6.07) is 14.0. The minimum absolute atomic E-state index is 0.106. The number of pyridine rings is 1. The highest BCUT2D eigenvalue weighted by atomic mass is 16.2. The number of benzene rings is 1. The predicted octanol–water partition coefficient (Wildman–Crippen LogP) is 2.33. The van der Waals surface area contributed by atoms with Gasteiger partial charge in [-0.05, 0) is 24.5 Å². The molecule has 1 fully saturated rings. The van der Waals surface area contributed by atoms with Crippen LogP contribution in [0.2, 0.25) is 0 Å². The van der Waals surface area contributed by atoms with Crippen LogP contribution in [0, 0.1) is 5.92 Å². The van der Waals surface area contributed by atoms with Crippen LogP contribution < -0.4 is 5.56 Å². The molecule has 2 bridgehead atoms. The number of likely N-dealkylation sites (tertiary alicyclic amines) is 1. The van der Waals surface area contributed by atoms with Crippen molar-refractivity contribution in [2.24, 2.45) is 5.92 Å². The molecule has 6 heteroatoms. The zero-order valence-corrected chi connectivity index (χ0v) is 17.0. The summed E-state index contributed by atoms with van der Waals surface area (Å²) in [6.45, 7) is 4.47. The third kappa shape index (κ3) is 2.89. The Hall–Kier alpha value is -2.86. The summed E-state index contributed by atoms with van der Waals surface area (Å²) in [5.41, 5.74) is 4.95. The van der Waals surface area contributed by atoms with Gasteiger partial charge in [-0.1, -0.05) is 24.3 Å². The lowest BCUT2D eigenvalue weighted by Crippen LogP contribution is -2.50. The fourth-order valence-electron chi connectivity index (χ4n) is 5.80. The molecule has 3 aliphatic rings. The highest BCUT2D eigenvalue weighted by Crippen LogP contribution is 2.35. The number of H-pyrrole nitrogens is 1. The van der Waals surface area contributed by atoms with Gasteiger partial charge in [-0.3, -0.25) is 14.5 Å². The highest BCUT2D eigenvalue weighted by molar-refractivity contribution is 5.86. The second-order valence-electron chi connectivity index (χ2n) is 9.09. The molecule has 1 amide bonds. The van der Waals surface area contributed by atoms with E-state index in [-0.39, 0.29) is 11.5 Å². The van der Waals surface area contributed by atoms with Gasteiger partial charge in [0.2, 0.25) is 5.91 Å². The number of hydrogen-bond donors (Lipinski definition) is 1. The van der Waals surface area contributed by atoms with E-state index in [0.29, 0.717) is 24.9 Å². The van der Waals surface area contributed by atoms with E-state index in [1.807, 2.05) is 21.6 Å². The van der Waals surface area contributed by atoms with Crippen molar-refractivity contribution in [1.82, 2.24) is 19.4 Å². The Morgan fingerprint density at radius 2 is 1.97 bits per heavy atom. The van der Waals surface area contributed by atoms with E-state index < -0.39 is 0 Å². The average molecular weight is 402 g/mol. The monoisotopic (exact) mass is 402 g/mol. The quantitative estimate of drug-likeness (QED) is 0.716. The molecule has 0 saturated carbocycles. The fourth-order valence-corrected chi connectivity index (χ4v) is 5.80. The molecule has 0 unspecified atom stereocenters. The van der Waals surface area contributed by atoms with Crippen LogP contribution in [0.3, 0.4) is 0 Å². The largest absolute Gasteiger partial charge is 0.358 e. The number of piperidine rings is 1. The number of carbonyl (C=O) groups excluding carboxylic acids is 1. The number of aromatic nitrogens is 2. The van der Waals surface area contributed by atoms with Crippen molar-refractivity contribution in [1.29, 1.82) is 0 Å². The minimum atomic E-state index is 0.106. The van der Waals surface area contributed by atoms with E-state index in [1.54, 1.807) is 6.07 Å². The summed E-state index contributed by atoms with van der Waals surface area (Å²) in [5.74, 6) is 1.02. The summed E-state index contributed by atoms with van der Waals surface area (Å²) in [4.78, 5) is 33.2. The maximum atomic E-state index is 13.2. The van der Waals surface area contributed by atoms with Gasteiger partial charge in [0.15, 0.2) is 0 Å². The Morgan fingerprint density at radius 3 is 2.90 bits per heavy atom. The topological polar surface area (TPSA) is 61.3 Å². The second kappa shape index (κ2) is 6.84. The normalized spacial score (nSPS) is 23.3. The SMILES string of the molecule is O=C(CN1C[C@@H]2C[C@@H](C1)c1cccc(=O)n1C2)N1CCc2[nH]c3ccccc3c2C1. The lowest BCUT2D eigenvalue weighted by Gasteiger charge is -2.43. The number of para-hydroxylation sites is 1. The van der Waals surface area contributed by atoms with Gasteiger partial charge in [-0.2, -0.15) is 0 Å². The van der Waals surface area contributed by atoms with Crippen molar-refractivity contribution in [3.8, 4) is 0 Å². The van der Waals surface area contributed by atoms with E-state index in [4.69, 9.17) is 0 Å². The first-order chi connectivity index (χ1) is 14.7. The summed E-state index contributed by atoms with van der Waals surface area (Å²) in [7, 11) is 0. The smallest absolute Gasteiger partial charge is 0.250 e. The highest BCUT2D eigenvalue weighted by Gasteiger charge is 2.35. The van der Waals surface area contributed by atoms with E-state index in [1.165, 1.54) is 16.6 Å². The Morgan fingerprint density at radius 1 is 1.07 bits per heavy atom. The number of carbonyl (C=O) groups is 1. The van der Waals surface area contributed by atoms with Crippen LogP contribution in [0.4, 0.5) is 0 Å². The summed E-state index contributed by atoms with van der Waals surface area (Å²) < 4.78 is 1.95. The van der Waals surface area contributed by atoms with E-state index in [9.17, 15) is 9.59 Å². The first kappa shape index (κ1) is 18.0. The molecule has 2 atom stereocenters. The zero-order valence-electron chi connectivity index (χ0n) is 17.0. The van der Waals surface area contributed by atoms with Crippen molar-refractivity contribution in [3.63, 3.8) is 0 Å². The molecule has 154 valence electrons. The van der Waals surface area contributed by atoms with E-state index in [0.717, 1.165) is 50.2 Å². The van der Waals surface area contributed by atoms with Crippen molar-refractivity contribution in [3.05, 3.63) is 69.8 Å². The molecule has 5 heterocycles. The first-order valence-corrected chi connectivity index (χ1v) is 10.9. The summed E-state index contributed by atoms with van der Waals surface area (Å²) >= 11 is 0. The number of hydrogen-bond acceptors (Lipinski definition) is 3. The van der Waals surface area contributed by atoms with Crippen LogP contribution in [0.25, 0.3) is 10.9 Å². The Kier molecular flexibility index (Phi) is 4.09. The number of fused-ring (bicyclic) bond motifs is 7. The number of rotatable bonds is 2. The summed E-state index contributed by atoms with van der Waals surface area (Å²) in [6.07, 6.45) is 2.01. The Labute approximate surface area is 175 Å². The molecule has 1 N–H and O–H groups in total. The van der Waals surface area contributed by atoms with Gasteiger partial charge in [0.05, 0.1) is 6.54 Å². The fraction of sp³-hybridized carbons (Fsp3) is 0.417. The van der Waals surface area contributed by atoms with Crippen molar-refractivity contribution >= 4 is 16.8 Å². The molecular formula is C24H26N4O2. The summed E-state index contributed by atoms with van der Waals surface area (Å²) in [5, 5.41) is 1.24. The second-order valence-corrected chi connectivity index (χ2v) is 9.09. The lowest BCUT2D eigenvalue weighted by molar-refractivity contribution is -0.134. The molecule has 6 nitrogen and oxygen atoms in total. The van der Waals surface area contributed by atoms with E-state index >= 15 is 0 Å². The molecule has 1 aromatic carbocycles. The molecule has 3 aliphatic heterocycles. The van der Waals surface area contributed by atoms with Crippen LogP contribution in [-0.4, -0.2) is 51.4 Å². The van der Waals surface area contributed by atoms with E-state index in [2.05, 4.69) is 34.1 Å². The maximum absolute atomic E-state index is 13.2. The number of aromatic amines is 1. The van der Waals surface area contributed by atoms with Gasteiger partial charge in [-0.25, -0.2) is 0 Å². The molecule has 0 radical (unpaired) electrons. The Bertz CT molecular complexity index is 1190. The molecule has 3 aromatic rings. The average Bonchev–Trinajstić information content (AvgIpc) is 3.12. The zero-order chi connectivity index (χ0) is 20.2. The minimum Gasteiger partial charge on any atom is -0.358 e. The van der Waals surface area contributed by atoms with Crippen molar-refractivity contribution in [2.75, 3.05) is 26.2 Å². The van der Waals surface area contributed by atoms with Crippen LogP contribution in [0.5, 0.6) is 0 Å². The number of amides is 1. The van der Waals surface area contributed by atoms with Gasteiger partial charge < -0.3 is 14.5 Å². The number of nitrogens with zero attached hydrogens (tertiary/aromatic N) is 3. The molecule has 30 heavy (non-hydrogen) atoms. The first-order valence-electron chi connectivity index (χ1n) is 10.9. The van der Waals surface area contributed by atoms with Crippen molar-refractivity contribution in [2.45, 2.75) is 31.8 Å². The third-order valence-electron chi connectivity index (χ3n) is 7.15. The van der Waals surface area contributed by atoms with Gasteiger partial charge >= 0.3 is 0 Å². The van der Waals surface area contributed by atoms with Crippen LogP contribution in [-0.2, 0) is 24.3 Å². The van der Waals surface area contributed by atoms with Gasteiger partial charge in [0.25, 0.3) is 5.56 Å². The Balaban J connectivity index is 1.18. The van der Waals surface area contributed by atoms with Gasteiger partial charge in [0, 0.05) is 79.0 Å². The maximum Gasteiger partial charge on any atom is 0.250 e. The third-order valence-corrected chi connectivity index (χ3v) is 7.15. The molecule has 1 saturated heterocycles. The van der Waals surface area contributed by atoms with Gasteiger partial charge in [0.1, 0.15) is 0 Å². The predicted molar refractivity (Wildman–Crippen MR) is 115 cm³/mol. The lowest BCUT2D eigenvalue weighted by atomic mass is 9.83. The number of nitrogens with one attached hydrogen (secondary N) is 1. The van der Waals surface area contributed by atoms with Crippen molar-refractivity contribution < 1.29 is 4.79 Å². The molecule has 6 rings (SSSR count). The standard InChI is InChI=1S/C24H26N4O2/c29-23-7-3-6-22-17-10-16(12-28(22)23)11-26(13-17)15-24(30)27-9-8-21-19(14-27)18-4-1-2-5-20(18)25-21/h1-7,16-17,25H,8-15H2/t16-,17-/m0/s1. The van der Waals surface area contributed by atoms with Gasteiger partial charge in [-0.15, -0.1) is 0 Å². The van der Waals surface area contributed by atoms with Crippen LogP contribution >= 0.6 is 0 Å². The molecule has 2 aromatic heterocycles.